The molecule has 3 nitrogen and oxygen atoms in total. The summed E-state index contributed by atoms with van der Waals surface area (Å²) in [5.74, 6) is 0.823. The SMILES string of the molecule is Clc1ccc(-c2[nH]c(-c3ccc(Br)cc3)nc2-c2ccncc2)cc1. The van der Waals surface area contributed by atoms with Crippen LogP contribution >= 0.6 is 27.5 Å². The average molecular weight is 411 g/mol. The molecule has 25 heavy (non-hydrogen) atoms. The highest BCUT2D eigenvalue weighted by Crippen LogP contribution is 2.33. The molecular weight excluding hydrogens is 398 g/mol. The van der Waals surface area contributed by atoms with Crippen molar-refractivity contribution in [3.8, 4) is 33.9 Å². The van der Waals surface area contributed by atoms with Crippen LogP contribution in [0.2, 0.25) is 5.02 Å². The summed E-state index contributed by atoms with van der Waals surface area (Å²) >= 11 is 9.50. The van der Waals surface area contributed by atoms with Gasteiger partial charge in [0.25, 0.3) is 0 Å². The minimum absolute atomic E-state index is 0.710. The lowest BCUT2D eigenvalue weighted by Crippen LogP contribution is -1.84. The number of nitrogens with one attached hydrogen (secondary N) is 1. The van der Waals surface area contributed by atoms with Gasteiger partial charge in [-0.05, 0) is 36.4 Å². The third kappa shape index (κ3) is 3.36. The molecule has 2 aromatic heterocycles. The van der Waals surface area contributed by atoms with Gasteiger partial charge in [0.2, 0.25) is 0 Å². The van der Waals surface area contributed by atoms with Gasteiger partial charge in [-0.15, -0.1) is 0 Å². The smallest absolute Gasteiger partial charge is 0.138 e. The maximum atomic E-state index is 6.03. The van der Waals surface area contributed by atoms with Gasteiger partial charge in [0.1, 0.15) is 5.82 Å². The topological polar surface area (TPSA) is 41.6 Å². The lowest BCUT2D eigenvalue weighted by Gasteiger charge is -2.03. The Morgan fingerprint density at radius 1 is 0.760 bits per heavy atom. The van der Waals surface area contributed by atoms with Gasteiger partial charge in [0.05, 0.1) is 11.4 Å². The number of imidazole rings is 1. The van der Waals surface area contributed by atoms with E-state index in [2.05, 4.69) is 25.9 Å². The van der Waals surface area contributed by atoms with Crippen LogP contribution in [0.3, 0.4) is 0 Å². The van der Waals surface area contributed by atoms with Gasteiger partial charge in [0, 0.05) is 38.6 Å². The zero-order valence-corrected chi connectivity index (χ0v) is 15.4. The van der Waals surface area contributed by atoms with E-state index >= 15 is 0 Å². The first-order chi connectivity index (χ1) is 12.2. The first-order valence-electron chi connectivity index (χ1n) is 7.73. The first-order valence-corrected chi connectivity index (χ1v) is 8.90. The Balaban J connectivity index is 1.89. The Hall–Kier alpha value is -2.43. The van der Waals surface area contributed by atoms with E-state index < -0.39 is 0 Å². The minimum Gasteiger partial charge on any atom is -0.337 e. The van der Waals surface area contributed by atoms with Gasteiger partial charge < -0.3 is 4.98 Å². The zero-order valence-electron chi connectivity index (χ0n) is 13.1. The molecular formula is C20H13BrClN3. The molecule has 0 spiro atoms. The molecule has 4 aromatic rings. The average Bonchev–Trinajstić information content (AvgIpc) is 3.09. The summed E-state index contributed by atoms with van der Waals surface area (Å²) in [5.41, 5.74) is 4.92. The van der Waals surface area contributed by atoms with Gasteiger partial charge in [-0.2, -0.15) is 0 Å². The molecule has 0 radical (unpaired) electrons. The van der Waals surface area contributed by atoms with Crippen LogP contribution in [0, 0.1) is 0 Å². The molecule has 0 saturated carbocycles. The Morgan fingerprint density at radius 3 is 2.08 bits per heavy atom. The van der Waals surface area contributed by atoms with Gasteiger partial charge in [-0.1, -0.05) is 51.8 Å². The van der Waals surface area contributed by atoms with E-state index in [1.165, 1.54) is 0 Å². The second-order valence-electron chi connectivity index (χ2n) is 5.56. The molecule has 0 unspecified atom stereocenters. The van der Waals surface area contributed by atoms with Crippen LogP contribution in [0.15, 0.2) is 77.5 Å². The predicted molar refractivity (Wildman–Crippen MR) is 105 cm³/mol. The number of hydrogen-bond acceptors (Lipinski definition) is 2. The minimum atomic E-state index is 0.710. The Kier molecular flexibility index (Phi) is 4.38. The molecule has 0 saturated heterocycles. The van der Waals surface area contributed by atoms with Gasteiger partial charge in [0.15, 0.2) is 0 Å². The number of nitrogens with zero attached hydrogens (tertiary/aromatic N) is 2. The molecule has 5 heteroatoms. The van der Waals surface area contributed by atoms with Crippen molar-refractivity contribution in [1.29, 1.82) is 0 Å². The number of rotatable bonds is 3. The van der Waals surface area contributed by atoms with E-state index in [-0.39, 0.29) is 0 Å². The van der Waals surface area contributed by atoms with Crippen LogP contribution in [0.4, 0.5) is 0 Å². The number of aromatic nitrogens is 3. The quantitative estimate of drug-likeness (QED) is 0.435. The third-order valence-corrected chi connectivity index (χ3v) is 4.69. The maximum absolute atomic E-state index is 6.03. The van der Waals surface area contributed by atoms with Gasteiger partial charge in [-0.3, -0.25) is 4.98 Å². The number of pyridine rings is 1. The Labute approximate surface area is 158 Å². The van der Waals surface area contributed by atoms with Crippen molar-refractivity contribution >= 4 is 27.5 Å². The van der Waals surface area contributed by atoms with Gasteiger partial charge in [-0.25, -0.2) is 4.98 Å². The van der Waals surface area contributed by atoms with Crippen molar-refractivity contribution in [2.24, 2.45) is 0 Å². The Morgan fingerprint density at radius 2 is 1.40 bits per heavy atom. The molecule has 2 aromatic carbocycles. The third-order valence-electron chi connectivity index (χ3n) is 3.91. The highest BCUT2D eigenvalue weighted by molar-refractivity contribution is 9.10. The lowest BCUT2D eigenvalue weighted by molar-refractivity contribution is 1.30. The molecule has 0 atom stereocenters. The van der Waals surface area contributed by atoms with Crippen LogP contribution in [0.1, 0.15) is 0 Å². The number of hydrogen-bond donors (Lipinski definition) is 1. The summed E-state index contributed by atoms with van der Waals surface area (Å²) < 4.78 is 1.04. The van der Waals surface area contributed by atoms with Crippen LogP contribution in [-0.4, -0.2) is 15.0 Å². The summed E-state index contributed by atoms with van der Waals surface area (Å²) in [7, 11) is 0. The number of H-pyrrole nitrogens is 1. The highest BCUT2D eigenvalue weighted by Gasteiger charge is 2.15. The van der Waals surface area contributed by atoms with E-state index in [0.717, 1.165) is 38.4 Å². The molecule has 0 aliphatic heterocycles. The second kappa shape index (κ2) is 6.82. The summed E-state index contributed by atoms with van der Waals surface area (Å²) in [6.45, 7) is 0. The van der Waals surface area contributed by atoms with Crippen molar-refractivity contribution in [2.75, 3.05) is 0 Å². The predicted octanol–water partition coefficient (Wildman–Crippen LogP) is 6.22. The molecule has 0 amide bonds. The van der Waals surface area contributed by atoms with Crippen molar-refractivity contribution in [3.63, 3.8) is 0 Å². The summed E-state index contributed by atoms with van der Waals surface area (Å²) in [4.78, 5) is 12.4. The fraction of sp³-hybridized carbons (Fsp3) is 0. The molecule has 0 aliphatic rings. The molecule has 2 heterocycles. The van der Waals surface area contributed by atoms with Crippen LogP contribution in [0.25, 0.3) is 33.9 Å². The number of halogens is 2. The van der Waals surface area contributed by atoms with E-state index in [1.807, 2.05) is 60.7 Å². The van der Waals surface area contributed by atoms with Crippen LogP contribution in [-0.2, 0) is 0 Å². The van der Waals surface area contributed by atoms with Crippen molar-refractivity contribution < 1.29 is 0 Å². The standard InChI is InChI=1S/C20H13BrClN3/c21-16-5-1-15(2-6-16)20-24-18(13-3-7-17(22)8-4-13)19(25-20)14-9-11-23-12-10-14/h1-12H,(H,24,25). The molecule has 0 bridgehead atoms. The van der Waals surface area contributed by atoms with E-state index in [4.69, 9.17) is 16.6 Å². The largest absolute Gasteiger partial charge is 0.337 e. The van der Waals surface area contributed by atoms with E-state index in [1.54, 1.807) is 12.4 Å². The number of benzene rings is 2. The monoisotopic (exact) mass is 409 g/mol. The Bertz CT molecular complexity index is 994. The summed E-state index contributed by atoms with van der Waals surface area (Å²) in [6, 6.07) is 19.7. The second-order valence-corrected chi connectivity index (χ2v) is 6.91. The molecule has 122 valence electrons. The van der Waals surface area contributed by atoms with E-state index in [9.17, 15) is 0 Å². The molecule has 4 rings (SSSR count). The highest BCUT2D eigenvalue weighted by atomic mass is 79.9. The number of aromatic amines is 1. The van der Waals surface area contributed by atoms with Crippen LogP contribution in [0.5, 0.6) is 0 Å². The van der Waals surface area contributed by atoms with E-state index in [0.29, 0.717) is 5.02 Å². The van der Waals surface area contributed by atoms with Crippen LogP contribution < -0.4 is 0 Å². The van der Waals surface area contributed by atoms with Crippen molar-refractivity contribution in [1.82, 2.24) is 15.0 Å². The maximum Gasteiger partial charge on any atom is 0.138 e. The normalized spacial score (nSPS) is 10.8. The fourth-order valence-corrected chi connectivity index (χ4v) is 3.05. The molecule has 0 fully saturated rings. The van der Waals surface area contributed by atoms with Gasteiger partial charge >= 0.3 is 0 Å². The van der Waals surface area contributed by atoms with Crippen molar-refractivity contribution in [2.45, 2.75) is 0 Å². The van der Waals surface area contributed by atoms with Crippen molar-refractivity contribution in [3.05, 3.63) is 82.6 Å². The first kappa shape index (κ1) is 16.1. The fourth-order valence-electron chi connectivity index (χ4n) is 2.66. The summed E-state index contributed by atoms with van der Waals surface area (Å²) in [6.07, 6.45) is 3.55. The molecule has 1 N–H and O–H groups in total. The summed E-state index contributed by atoms with van der Waals surface area (Å²) in [5, 5.41) is 0.710. The zero-order chi connectivity index (χ0) is 17.2. The lowest BCUT2D eigenvalue weighted by atomic mass is 10.1. The molecule has 0 aliphatic carbocycles.